The van der Waals surface area contributed by atoms with Gasteiger partial charge in [-0.3, -0.25) is 0 Å². The lowest BCUT2D eigenvalue weighted by Crippen LogP contribution is -2.13. The summed E-state index contributed by atoms with van der Waals surface area (Å²) in [5.41, 5.74) is 0.250. The van der Waals surface area contributed by atoms with Gasteiger partial charge in [0.2, 0.25) is 0 Å². The summed E-state index contributed by atoms with van der Waals surface area (Å²) in [4.78, 5) is 14.8. The zero-order chi connectivity index (χ0) is 12.1. The molecule has 0 aromatic carbocycles. The van der Waals surface area contributed by atoms with E-state index in [4.69, 9.17) is 9.84 Å². The summed E-state index contributed by atoms with van der Waals surface area (Å²) in [6, 6.07) is 3.02. The zero-order valence-corrected chi connectivity index (χ0v) is 9.56. The number of nitrogens with one attached hydrogen (secondary N) is 1. The van der Waals surface area contributed by atoms with E-state index in [1.807, 2.05) is 0 Å². The fourth-order valence-corrected chi connectivity index (χ4v) is 1.89. The minimum Gasteiger partial charge on any atom is -0.478 e. The summed E-state index contributed by atoms with van der Waals surface area (Å²) in [7, 11) is 0. The molecule has 1 aromatic heterocycles. The van der Waals surface area contributed by atoms with Crippen molar-refractivity contribution in [1.29, 1.82) is 0 Å². The number of aromatic carboxylic acids is 1. The van der Waals surface area contributed by atoms with E-state index in [9.17, 15) is 4.79 Å². The molecule has 1 fully saturated rings. The Morgan fingerprint density at radius 1 is 1.65 bits per heavy atom. The molecule has 92 valence electrons. The average Bonchev–Trinajstić information content (AvgIpc) is 2.82. The molecule has 17 heavy (non-hydrogen) atoms. The smallest absolute Gasteiger partial charge is 0.335 e. The molecule has 2 N–H and O–H groups in total. The largest absolute Gasteiger partial charge is 0.478 e. The Kier molecular flexibility index (Phi) is 3.93. The van der Waals surface area contributed by atoms with Crippen LogP contribution in [0.5, 0.6) is 0 Å². The Bertz CT molecular complexity index is 389. The second-order valence-corrected chi connectivity index (χ2v) is 4.09. The van der Waals surface area contributed by atoms with E-state index in [0.29, 0.717) is 11.9 Å². The monoisotopic (exact) mass is 236 g/mol. The highest BCUT2D eigenvalue weighted by Gasteiger charge is 2.14. The molecule has 5 nitrogen and oxygen atoms in total. The molecule has 0 aliphatic carbocycles. The van der Waals surface area contributed by atoms with Gasteiger partial charge in [-0.05, 0) is 31.4 Å². The topological polar surface area (TPSA) is 71.5 Å². The van der Waals surface area contributed by atoms with Gasteiger partial charge in [-0.2, -0.15) is 0 Å². The quantitative estimate of drug-likeness (QED) is 0.815. The number of hydrogen-bond donors (Lipinski definition) is 2. The molecule has 2 heterocycles. The second-order valence-electron chi connectivity index (χ2n) is 4.09. The van der Waals surface area contributed by atoms with Crippen LogP contribution in [0.3, 0.4) is 0 Å². The SMILES string of the molecule is O=C(O)c1ccnc(NCCC2CCCO2)c1. The summed E-state index contributed by atoms with van der Waals surface area (Å²) in [6.07, 6.45) is 5.02. The van der Waals surface area contributed by atoms with Crippen molar-refractivity contribution in [2.24, 2.45) is 0 Å². The van der Waals surface area contributed by atoms with E-state index in [0.717, 1.165) is 32.4 Å². The van der Waals surface area contributed by atoms with Crippen molar-refractivity contribution in [3.63, 3.8) is 0 Å². The van der Waals surface area contributed by atoms with Crippen molar-refractivity contribution in [3.8, 4) is 0 Å². The lowest BCUT2D eigenvalue weighted by molar-refractivity contribution is 0.0696. The van der Waals surface area contributed by atoms with Crippen LogP contribution in [0.1, 0.15) is 29.6 Å². The summed E-state index contributed by atoms with van der Waals surface area (Å²) in [5.74, 6) is -0.336. The molecule has 0 amide bonds. The van der Waals surface area contributed by atoms with Crippen molar-refractivity contribution >= 4 is 11.8 Å². The van der Waals surface area contributed by atoms with Gasteiger partial charge in [0.15, 0.2) is 0 Å². The maximum atomic E-state index is 10.8. The first kappa shape index (κ1) is 11.9. The van der Waals surface area contributed by atoms with Gasteiger partial charge in [-0.25, -0.2) is 9.78 Å². The first-order valence-corrected chi connectivity index (χ1v) is 5.80. The number of hydrogen-bond acceptors (Lipinski definition) is 4. The number of pyridine rings is 1. The van der Waals surface area contributed by atoms with E-state index in [2.05, 4.69) is 10.3 Å². The lowest BCUT2D eigenvalue weighted by atomic mass is 10.2. The Balaban J connectivity index is 1.81. The summed E-state index contributed by atoms with van der Waals surface area (Å²) in [5, 5.41) is 11.9. The van der Waals surface area contributed by atoms with E-state index >= 15 is 0 Å². The molecule has 1 aromatic rings. The number of anilines is 1. The van der Waals surface area contributed by atoms with Crippen molar-refractivity contribution < 1.29 is 14.6 Å². The zero-order valence-electron chi connectivity index (χ0n) is 9.56. The third kappa shape index (κ3) is 3.42. The van der Waals surface area contributed by atoms with Crippen molar-refractivity contribution in [2.75, 3.05) is 18.5 Å². The predicted octanol–water partition coefficient (Wildman–Crippen LogP) is 1.76. The molecule has 0 radical (unpaired) electrons. The van der Waals surface area contributed by atoms with Gasteiger partial charge in [-0.1, -0.05) is 0 Å². The Hall–Kier alpha value is -1.62. The number of ether oxygens (including phenoxy) is 1. The Morgan fingerprint density at radius 3 is 3.24 bits per heavy atom. The highest BCUT2D eigenvalue weighted by molar-refractivity contribution is 5.88. The molecular weight excluding hydrogens is 220 g/mol. The average molecular weight is 236 g/mol. The molecule has 5 heteroatoms. The molecule has 1 aliphatic heterocycles. The summed E-state index contributed by atoms with van der Waals surface area (Å²) >= 11 is 0. The van der Waals surface area contributed by atoms with Crippen molar-refractivity contribution in [3.05, 3.63) is 23.9 Å². The second kappa shape index (κ2) is 5.63. The standard InChI is InChI=1S/C12H16N2O3/c15-12(16)9-3-5-13-11(8-9)14-6-4-10-2-1-7-17-10/h3,5,8,10H,1-2,4,6-7H2,(H,13,14)(H,15,16). The molecule has 2 rings (SSSR count). The van der Waals surface area contributed by atoms with Gasteiger partial charge < -0.3 is 15.2 Å². The Labute approximate surface area is 99.8 Å². The number of carboxylic acid groups (broad SMARTS) is 1. The van der Waals surface area contributed by atoms with Crippen LogP contribution in [0.2, 0.25) is 0 Å². The summed E-state index contributed by atoms with van der Waals surface area (Å²) < 4.78 is 5.50. The van der Waals surface area contributed by atoms with Crippen LogP contribution in [0.4, 0.5) is 5.82 Å². The number of aromatic nitrogens is 1. The third-order valence-corrected chi connectivity index (χ3v) is 2.80. The minimum absolute atomic E-state index is 0.250. The van der Waals surface area contributed by atoms with Crippen LogP contribution in [0.25, 0.3) is 0 Å². The highest BCUT2D eigenvalue weighted by Crippen LogP contribution is 2.15. The first-order chi connectivity index (χ1) is 8.25. The molecule has 1 aliphatic rings. The van der Waals surface area contributed by atoms with Crippen molar-refractivity contribution in [1.82, 2.24) is 4.98 Å². The molecule has 0 spiro atoms. The van der Waals surface area contributed by atoms with E-state index in [1.54, 1.807) is 0 Å². The predicted molar refractivity (Wildman–Crippen MR) is 63.3 cm³/mol. The van der Waals surface area contributed by atoms with Crippen molar-refractivity contribution in [2.45, 2.75) is 25.4 Å². The van der Waals surface area contributed by atoms with Crippen LogP contribution in [0, 0.1) is 0 Å². The fraction of sp³-hybridized carbons (Fsp3) is 0.500. The van der Waals surface area contributed by atoms with E-state index in [-0.39, 0.29) is 5.56 Å². The maximum Gasteiger partial charge on any atom is 0.335 e. The third-order valence-electron chi connectivity index (χ3n) is 2.80. The van der Waals surface area contributed by atoms with Gasteiger partial charge in [0.05, 0.1) is 11.7 Å². The first-order valence-electron chi connectivity index (χ1n) is 5.80. The van der Waals surface area contributed by atoms with Gasteiger partial charge in [-0.15, -0.1) is 0 Å². The van der Waals surface area contributed by atoms with Crippen LogP contribution in [-0.4, -0.2) is 35.3 Å². The lowest BCUT2D eigenvalue weighted by Gasteiger charge is -2.10. The van der Waals surface area contributed by atoms with Gasteiger partial charge >= 0.3 is 5.97 Å². The Morgan fingerprint density at radius 2 is 2.53 bits per heavy atom. The number of carboxylic acids is 1. The van der Waals surface area contributed by atoms with Crippen LogP contribution >= 0.6 is 0 Å². The fourth-order valence-electron chi connectivity index (χ4n) is 1.89. The van der Waals surface area contributed by atoms with E-state index in [1.165, 1.54) is 18.3 Å². The van der Waals surface area contributed by atoms with Crippen LogP contribution < -0.4 is 5.32 Å². The normalized spacial score (nSPS) is 19.2. The molecule has 1 atom stereocenters. The molecule has 0 bridgehead atoms. The van der Waals surface area contributed by atoms with Gasteiger partial charge in [0, 0.05) is 19.3 Å². The van der Waals surface area contributed by atoms with Gasteiger partial charge in [0.25, 0.3) is 0 Å². The molecule has 1 saturated heterocycles. The van der Waals surface area contributed by atoms with Gasteiger partial charge in [0.1, 0.15) is 5.82 Å². The molecule has 0 saturated carbocycles. The number of nitrogens with zero attached hydrogens (tertiary/aromatic N) is 1. The van der Waals surface area contributed by atoms with Crippen LogP contribution in [0.15, 0.2) is 18.3 Å². The number of rotatable bonds is 5. The maximum absolute atomic E-state index is 10.8. The highest BCUT2D eigenvalue weighted by atomic mass is 16.5. The number of carbonyl (C=O) groups is 1. The molecule has 1 unspecified atom stereocenters. The summed E-state index contributed by atoms with van der Waals surface area (Å²) in [6.45, 7) is 1.61. The minimum atomic E-state index is -0.936. The molecular formula is C12H16N2O3. The van der Waals surface area contributed by atoms with Crippen LogP contribution in [-0.2, 0) is 4.74 Å². The van der Waals surface area contributed by atoms with E-state index < -0.39 is 5.97 Å².